The van der Waals surface area contributed by atoms with Crippen molar-refractivity contribution in [3.8, 4) is 11.4 Å². The minimum Gasteiger partial charge on any atom is -0.330 e. The maximum Gasteiger partial charge on any atom is 0.161 e. The molecule has 5 heteroatoms. The van der Waals surface area contributed by atoms with Gasteiger partial charge in [-0.15, -0.1) is 10.2 Å². The lowest BCUT2D eigenvalue weighted by Gasteiger charge is -2.34. The van der Waals surface area contributed by atoms with Crippen molar-refractivity contribution in [3.05, 3.63) is 106 Å². The Morgan fingerprint density at radius 2 is 1.47 bits per heavy atom. The molecule has 1 aromatic heterocycles. The van der Waals surface area contributed by atoms with Crippen molar-refractivity contribution >= 4 is 0 Å². The van der Waals surface area contributed by atoms with Crippen molar-refractivity contribution in [2.24, 2.45) is 5.73 Å². The monoisotopic (exact) mass is 426 g/mol. The molecule has 0 unspecified atom stereocenters. The number of hydrogen-bond acceptors (Lipinski definition) is 3. The second-order valence-corrected chi connectivity index (χ2v) is 8.79. The molecule has 0 amide bonds. The van der Waals surface area contributed by atoms with Gasteiger partial charge < -0.3 is 10.7 Å². The van der Waals surface area contributed by atoms with E-state index >= 15 is 0 Å². The highest BCUT2D eigenvalue weighted by Gasteiger charge is 2.43. The Morgan fingerprint density at radius 3 is 2.03 bits per heavy atom. The number of H-pyrrole nitrogens is 1. The maximum atomic E-state index is 13.4. The number of nitrogens with zero attached hydrogens (tertiary/aromatic N) is 2. The zero-order chi connectivity index (χ0) is 22.3. The van der Waals surface area contributed by atoms with Crippen LogP contribution in [0.15, 0.2) is 60.7 Å². The highest BCUT2D eigenvalue weighted by Crippen LogP contribution is 2.46. The van der Waals surface area contributed by atoms with Gasteiger partial charge in [0.25, 0.3) is 0 Å². The van der Waals surface area contributed by atoms with Crippen molar-refractivity contribution in [3.63, 3.8) is 0 Å². The molecule has 3 aromatic carbocycles. The van der Waals surface area contributed by atoms with Crippen molar-refractivity contribution in [2.75, 3.05) is 6.54 Å². The van der Waals surface area contributed by atoms with E-state index in [2.05, 4.69) is 65.4 Å². The third-order valence-corrected chi connectivity index (χ3v) is 6.63. The van der Waals surface area contributed by atoms with Gasteiger partial charge in [-0.05, 0) is 86.2 Å². The van der Waals surface area contributed by atoms with Crippen LogP contribution in [0.4, 0.5) is 4.39 Å². The Balaban J connectivity index is 1.78. The van der Waals surface area contributed by atoms with E-state index in [-0.39, 0.29) is 5.82 Å². The van der Waals surface area contributed by atoms with E-state index in [9.17, 15) is 4.39 Å². The van der Waals surface area contributed by atoms with Crippen LogP contribution in [0.25, 0.3) is 11.4 Å². The molecule has 1 heterocycles. The van der Waals surface area contributed by atoms with E-state index in [0.717, 1.165) is 24.2 Å². The smallest absolute Gasteiger partial charge is 0.161 e. The number of fused-ring (bicyclic) bond motifs is 2. The lowest BCUT2D eigenvalue weighted by Crippen LogP contribution is -2.34. The molecule has 0 saturated heterocycles. The molecular formula is C27H27FN4. The van der Waals surface area contributed by atoms with Crippen LogP contribution in [0.2, 0.25) is 0 Å². The number of hydrogen-bond donors (Lipinski definition) is 2. The molecule has 1 aliphatic carbocycles. The van der Waals surface area contributed by atoms with Crippen LogP contribution in [0.3, 0.4) is 0 Å². The lowest BCUT2D eigenvalue weighted by atomic mass is 9.69. The third-order valence-electron chi connectivity index (χ3n) is 6.63. The average Bonchev–Trinajstić information content (AvgIpc) is 3.23. The first-order valence-corrected chi connectivity index (χ1v) is 11.1. The van der Waals surface area contributed by atoms with E-state index in [4.69, 9.17) is 5.73 Å². The molecule has 0 aliphatic heterocycles. The van der Waals surface area contributed by atoms with Gasteiger partial charge in [-0.1, -0.05) is 47.5 Å². The highest BCUT2D eigenvalue weighted by molar-refractivity contribution is 5.59. The molecular weight excluding hydrogens is 399 g/mol. The molecule has 0 atom stereocenters. The molecule has 4 nitrogen and oxygen atoms in total. The molecule has 5 rings (SSSR count). The van der Waals surface area contributed by atoms with Crippen LogP contribution in [0, 0.1) is 19.7 Å². The zero-order valence-electron chi connectivity index (χ0n) is 18.5. The van der Waals surface area contributed by atoms with E-state index in [0.29, 0.717) is 18.8 Å². The van der Waals surface area contributed by atoms with Gasteiger partial charge in [-0.3, -0.25) is 0 Å². The Bertz CT molecular complexity index is 1220. The van der Waals surface area contributed by atoms with Crippen LogP contribution in [0.5, 0.6) is 0 Å². The van der Waals surface area contributed by atoms with Gasteiger partial charge >= 0.3 is 0 Å². The molecule has 4 aromatic rings. The van der Waals surface area contributed by atoms with Crippen LogP contribution in [-0.4, -0.2) is 21.7 Å². The highest BCUT2D eigenvalue weighted by atomic mass is 19.1. The quantitative estimate of drug-likeness (QED) is 0.482. The number of aryl methyl sites for hydroxylation is 4. The summed E-state index contributed by atoms with van der Waals surface area (Å²) < 4.78 is 13.4. The van der Waals surface area contributed by atoms with Gasteiger partial charge in [-0.25, -0.2) is 4.39 Å². The fraction of sp³-hybridized carbons (Fsp3) is 0.259. The van der Waals surface area contributed by atoms with Crippen molar-refractivity contribution < 1.29 is 4.39 Å². The SMILES string of the molecule is Cc1ccc2c(c1)CCc1cc(C)ccc1C2(CCN)c1nnc(-c2ccc(F)cc2)[nH]1. The molecule has 162 valence electrons. The predicted octanol–water partition coefficient (Wildman–Crippen LogP) is 5.01. The third kappa shape index (κ3) is 3.33. The van der Waals surface area contributed by atoms with E-state index in [1.54, 1.807) is 12.1 Å². The first-order valence-electron chi connectivity index (χ1n) is 11.1. The van der Waals surface area contributed by atoms with Gasteiger partial charge in [0.1, 0.15) is 11.6 Å². The molecule has 1 aliphatic rings. The van der Waals surface area contributed by atoms with Gasteiger partial charge in [0, 0.05) is 5.56 Å². The van der Waals surface area contributed by atoms with Crippen molar-refractivity contribution in [1.82, 2.24) is 15.2 Å². The average molecular weight is 427 g/mol. The van der Waals surface area contributed by atoms with Crippen LogP contribution in [-0.2, 0) is 18.3 Å². The van der Waals surface area contributed by atoms with E-state index in [1.807, 2.05) is 0 Å². The zero-order valence-corrected chi connectivity index (χ0v) is 18.5. The summed E-state index contributed by atoms with van der Waals surface area (Å²) in [7, 11) is 0. The normalized spacial score (nSPS) is 14.5. The van der Waals surface area contributed by atoms with Crippen LogP contribution < -0.4 is 5.73 Å². The number of aromatic amines is 1. The van der Waals surface area contributed by atoms with E-state index < -0.39 is 5.41 Å². The first-order chi connectivity index (χ1) is 15.5. The number of nitrogens with one attached hydrogen (secondary N) is 1. The topological polar surface area (TPSA) is 67.6 Å². The van der Waals surface area contributed by atoms with Gasteiger partial charge in [0.15, 0.2) is 5.82 Å². The first kappa shape index (κ1) is 20.6. The summed E-state index contributed by atoms with van der Waals surface area (Å²) in [5, 5.41) is 9.12. The van der Waals surface area contributed by atoms with Gasteiger partial charge in [0.2, 0.25) is 0 Å². The number of halogens is 1. The van der Waals surface area contributed by atoms with Crippen LogP contribution >= 0.6 is 0 Å². The molecule has 32 heavy (non-hydrogen) atoms. The fourth-order valence-corrected chi connectivity index (χ4v) is 5.16. The number of benzene rings is 3. The molecule has 0 fully saturated rings. The van der Waals surface area contributed by atoms with Crippen LogP contribution in [0.1, 0.15) is 45.6 Å². The Morgan fingerprint density at radius 1 is 0.875 bits per heavy atom. The summed E-state index contributed by atoms with van der Waals surface area (Å²) >= 11 is 0. The number of rotatable bonds is 4. The summed E-state index contributed by atoms with van der Waals surface area (Å²) in [6.45, 7) is 4.77. The standard InChI is InChI=1S/C27H27FN4/c1-17-3-11-23-20(15-17)5-6-21-16-18(2)4-12-24(21)27(23,13-14-29)26-30-25(31-32-26)19-7-9-22(28)10-8-19/h3-4,7-12,15-16H,5-6,13-14,29H2,1-2H3,(H,30,31,32). The number of nitrogens with two attached hydrogens (primary N) is 1. The van der Waals surface area contributed by atoms with Gasteiger partial charge in [0.05, 0.1) is 5.41 Å². The second kappa shape index (κ2) is 7.99. The number of aromatic nitrogens is 3. The molecule has 3 N–H and O–H groups in total. The lowest BCUT2D eigenvalue weighted by molar-refractivity contribution is 0.532. The fourth-order valence-electron chi connectivity index (χ4n) is 5.16. The summed E-state index contributed by atoms with van der Waals surface area (Å²) in [6.07, 6.45) is 2.65. The summed E-state index contributed by atoms with van der Waals surface area (Å²) in [4.78, 5) is 3.48. The summed E-state index contributed by atoms with van der Waals surface area (Å²) in [5.41, 5.74) is 14.1. The summed E-state index contributed by atoms with van der Waals surface area (Å²) in [6, 6.07) is 19.7. The summed E-state index contributed by atoms with van der Waals surface area (Å²) in [5.74, 6) is 1.13. The second-order valence-electron chi connectivity index (χ2n) is 8.79. The van der Waals surface area contributed by atoms with E-state index in [1.165, 1.54) is 45.5 Å². The maximum absolute atomic E-state index is 13.4. The predicted molar refractivity (Wildman–Crippen MR) is 125 cm³/mol. The largest absolute Gasteiger partial charge is 0.330 e. The Labute approximate surface area is 187 Å². The molecule has 0 spiro atoms. The van der Waals surface area contributed by atoms with Crippen molar-refractivity contribution in [1.29, 1.82) is 0 Å². The molecule has 0 saturated carbocycles. The Hall–Kier alpha value is -3.31. The van der Waals surface area contributed by atoms with Crippen molar-refractivity contribution in [2.45, 2.75) is 38.5 Å². The molecule has 0 bridgehead atoms. The minimum atomic E-state index is -0.525. The minimum absolute atomic E-state index is 0.273. The molecule has 0 radical (unpaired) electrons. The van der Waals surface area contributed by atoms with Gasteiger partial charge in [-0.2, -0.15) is 0 Å². The Kier molecular flexibility index (Phi) is 5.14.